The highest BCUT2D eigenvalue weighted by molar-refractivity contribution is 6.30. The van der Waals surface area contributed by atoms with Crippen LogP contribution in [0, 0.1) is 11.6 Å². The summed E-state index contributed by atoms with van der Waals surface area (Å²) in [5.41, 5.74) is 0.724. The molecule has 1 unspecified atom stereocenters. The Bertz CT molecular complexity index is 590. The Labute approximate surface area is 121 Å². The van der Waals surface area contributed by atoms with Gasteiger partial charge in [-0.05, 0) is 48.9 Å². The van der Waals surface area contributed by atoms with Gasteiger partial charge < -0.3 is 5.32 Å². The molecule has 106 valence electrons. The first-order valence-corrected chi connectivity index (χ1v) is 6.77. The Morgan fingerprint density at radius 2 is 2.05 bits per heavy atom. The Morgan fingerprint density at radius 1 is 1.25 bits per heavy atom. The molecule has 1 aromatic carbocycles. The lowest BCUT2D eigenvalue weighted by Gasteiger charge is -2.18. The van der Waals surface area contributed by atoms with Crippen LogP contribution in [0.15, 0.2) is 36.5 Å². The zero-order valence-electron chi connectivity index (χ0n) is 11.0. The van der Waals surface area contributed by atoms with Crippen LogP contribution in [0.25, 0.3) is 0 Å². The molecule has 20 heavy (non-hydrogen) atoms. The number of hydrogen-bond donors (Lipinski definition) is 1. The molecule has 2 rings (SSSR count). The van der Waals surface area contributed by atoms with Crippen molar-refractivity contribution in [1.29, 1.82) is 0 Å². The molecule has 0 saturated carbocycles. The van der Waals surface area contributed by atoms with Crippen LogP contribution in [0.4, 0.5) is 8.78 Å². The van der Waals surface area contributed by atoms with Gasteiger partial charge in [-0.15, -0.1) is 0 Å². The molecule has 0 spiro atoms. The van der Waals surface area contributed by atoms with Gasteiger partial charge in [-0.25, -0.2) is 8.78 Å². The topological polar surface area (TPSA) is 24.9 Å². The second-order valence-electron chi connectivity index (χ2n) is 4.42. The van der Waals surface area contributed by atoms with Gasteiger partial charge in [0.05, 0.1) is 11.7 Å². The number of nitrogens with one attached hydrogen (secondary N) is 1. The minimum Gasteiger partial charge on any atom is -0.309 e. The maximum Gasteiger partial charge on any atom is 0.146 e. The number of benzene rings is 1. The third-order valence-corrected chi connectivity index (χ3v) is 3.23. The maximum atomic E-state index is 13.8. The monoisotopic (exact) mass is 296 g/mol. The third kappa shape index (κ3) is 3.52. The van der Waals surface area contributed by atoms with Crippen molar-refractivity contribution in [3.8, 4) is 0 Å². The number of rotatable bonds is 5. The van der Waals surface area contributed by atoms with Crippen molar-refractivity contribution < 1.29 is 8.78 Å². The fraction of sp³-hybridized carbons (Fsp3) is 0.267. The van der Waals surface area contributed by atoms with Crippen molar-refractivity contribution in [1.82, 2.24) is 10.3 Å². The number of aromatic nitrogens is 1. The minimum absolute atomic E-state index is 0.286. The average Bonchev–Trinajstić information content (AvgIpc) is 2.43. The number of pyridine rings is 1. The quantitative estimate of drug-likeness (QED) is 0.905. The SMILES string of the molecule is CCNC(Cc1cc(Cl)ccc1F)c1ncccc1F. The normalized spacial score (nSPS) is 12.4. The zero-order chi connectivity index (χ0) is 14.5. The number of hydrogen-bond acceptors (Lipinski definition) is 2. The third-order valence-electron chi connectivity index (χ3n) is 3.00. The predicted molar refractivity (Wildman–Crippen MR) is 75.7 cm³/mol. The van der Waals surface area contributed by atoms with Gasteiger partial charge in [-0.2, -0.15) is 0 Å². The molecule has 1 atom stereocenters. The van der Waals surface area contributed by atoms with Crippen LogP contribution in [0.3, 0.4) is 0 Å². The van der Waals surface area contributed by atoms with E-state index < -0.39 is 11.9 Å². The molecule has 2 nitrogen and oxygen atoms in total. The molecule has 0 aliphatic carbocycles. The van der Waals surface area contributed by atoms with Crippen molar-refractivity contribution in [2.24, 2.45) is 0 Å². The molecule has 0 radical (unpaired) electrons. The van der Waals surface area contributed by atoms with Crippen molar-refractivity contribution in [3.05, 3.63) is 64.4 Å². The molecule has 1 aromatic heterocycles. The summed E-state index contributed by atoms with van der Waals surface area (Å²) in [7, 11) is 0. The largest absolute Gasteiger partial charge is 0.309 e. The molecule has 0 aliphatic heterocycles. The van der Waals surface area contributed by atoms with Crippen LogP contribution in [0.1, 0.15) is 24.2 Å². The van der Waals surface area contributed by atoms with E-state index in [0.29, 0.717) is 17.1 Å². The van der Waals surface area contributed by atoms with Gasteiger partial charge in [0.1, 0.15) is 11.6 Å². The van der Waals surface area contributed by atoms with Gasteiger partial charge in [0.25, 0.3) is 0 Å². The predicted octanol–water partition coefficient (Wildman–Crippen LogP) is 3.91. The highest BCUT2D eigenvalue weighted by atomic mass is 35.5. The lowest BCUT2D eigenvalue weighted by atomic mass is 10.0. The average molecular weight is 297 g/mol. The van der Waals surface area contributed by atoms with Crippen LogP contribution in [-0.2, 0) is 6.42 Å². The highest BCUT2D eigenvalue weighted by Gasteiger charge is 2.18. The van der Waals surface area contributed by atoms with E-state index >= 15 is 0 Å². The Kier molecular flexibility index (Phi) is 5.04. The van der Waals surface area contributed by atoms with Crippen molar-refractivity contribution in [2.45, 2.75) is 19.4 Å². The summed E-state index contributed by atoms with van der Waals surface area (Å²) in [5.74, 6) is -0.755. The van der Waals surface area contributed by atoms with E-state index in [1.807, 2.05) is 6.92 Å². The first-order valence-electron chi connectivity index (χ1n) is 6.39. The van der Waals surface area contributed by atoms with E-state index in [4.69, 9.17) is 11.6 Å². The van der Waals surface area contributed by atoms with Crippen LogP contribution in [0.2, 0.25) is 5.02 Å². The summed E-state index contributed by atoms with van der Waals surface area (Å²) in [6.45, 7) is 2.53. The molecular formula is C15H15ClF2N2. The Hall–Kier alpha value is -1.52. The van der Waals surface area contributed by atoms with E-state index in [1.165, 1.54) is 30.5 Å². The summed E-state index contributed by atoms with van der Waals surface area (Å²) in [4.78, 5) is 4.05. The van der Waals surface area contributed by atoms with Gasteiger partial charge in [-0.1, -0.05) is 18.5 Å². The summed E-state index contributed by atoms with van der Waals surface area (Å²) < 4.78 is 27.6. The number of likely N-dealkylation sites (N-methyl/N-ethyl adjacent to an activating group) is 1. The fourth-order valence-electron chi connectivity index (χ4n) is 2.09. The molecule has 1 N–H and O–H groups in total. The second kappa shape index (κ2) is 6.77. The van der Waals surface area contributed by atoms with E-state index in [-0.39, 0.29) is 17.9 Å². The molecule has 0 bridgehead atoms. The first-order chi connectivity index (χ1) is 9.61. The fourth-order valence-corrected chi connectivity index (χ4v) is 2.28. The second-order valence-corrected chi connectivity index (χ2v) is 4.86. The van der Waals surface area contributed by atoms with Gasteiger partial charge in [0, 0.05) is 11.2 Å². The highest BCUT2D eigenvalue weighted by Crippen LogP contribution is 2.23. The van der Waals surface area contributed by atoms with Gasteiger partial charge in [0.15, 0.2) is 0 Å². The first kappa shape index (κ1) is 14.9. The van der Waals surface area contributed by atoms with Crippen LogP contribution in [-0.4, -0.2) is 11.5 Å². The molecule has 2 aromatic rings. The maximum absolute atomic E-state index is 13.8. The minimum atomic E-state index is -0.402. The Morgan fingerprint density at radius 3 is 2.75 bits per heavy atom. The van der Waals surface area contributed by atoms with E-state index in [9.17, 15) is 8.78 Å². The van der Waals surface area contributed by atoms with Gasteiger partial charge in [-0.3, -0.25) is 4.98 Å². The summed E-state index contributed by atoms with van der Waals surface area (Å²) in [5, 5.41) is 3.58. The molecular weight excluding hydrogens is 282 g/mol. The summed E-state index contributed by atoms with van der Waals surface area (Å²) in [6.07, 6.45) is 1.81. The molecule has 0 fully saturated rings. The van der Waals surface area contributed by atoms with E-state index in [1.54, 1.807) is 6.07 Å². The van der Waals surface area contributed by atoms with Crippen LogP contribution in [0.5, 0.6) is 0 Å². The number of halogens is 3. The lowest BCUT2D eigenvalue weighted by molar-refractivity contribution is 0.484. The van der Waals surface area contributed by atoms with Crippen LogP contribution >= 0.6 is 11.6 Å². The standard InChI is InChI=1S/C15H15ClF2N2/c1-2-19-14(15-13(18)4-3-7-20-15)9-10-8-11(16)5-6-12(10)17/h3-8,14,19H,2,9H2,1H3. The Balaban J connectivity index is 2.30. The lowest BCUT2D eigenvalue weighted by Crippen LogP contribution is -2.25. The molecule has 0 amide bonds. The van der Waals surface area contributed by atoms with Crippen LogP contribution < -0.4 is 5.32 Å². The van der Waals surface area contributed by atoms with Gasteiger partial charge in [0.2, 0.25) is 0 Å². The molecule has 0 aliphatic rings. The molecule has 5 heteroatoms. The van der Waals surface area contributed by atoms with Crippen molar-refractivity contribution >= 4 is 11.6 Å². The summed E-state index contributed by atoms with van der Waals surface area (Å²) >= 11 is 5.88. The molecule has 1 heterocycles. The van der Waals surface area contributed by atoms with Gasteiger partial charge >= 0.3 is 0 Å². The number of nitrogens with zero attached hydrogens (tertiary/aromatic N) is 1. The van der Waals surface area contributed by atoms with Crippen molar-refractivity contribution in [2.75, 3.05) is 6.54 Å². The van der Waals surface area contributed by atoms with Crippen molar-refractivity contribution in [3.63, 3.8) is 0 Å². The van der Waals surface area contributed by atoms with E-state index in [0.717, 1.165) is 0 Å². The smallest absolute Gasteiger partial charge is 0.146 e. The molecule has 0 saturated heterocycles. The summed E-state index contributed by atoms with van der Waals surface area (Å²) in [6, 6.07) is 6.85. The zero-order valence-corrected chi connectivity index (χ0v) is 11.8. The van der Waals surface area contributed by atoms with E-state index in [2.05, 4.69) is 10.3 Å².